The summed E-state index contributed by atoms with van der Waals surface area (Å²) in [4.78, 5) is 21.9. The molecule has 0 aliphatic heterocycles. The van der Waals surface area contributed by atoms with Gasteiger partial charge in [0.1, 0.15) is 4.90 Å². The van der Waals surface area contributed by atoms with Crippen LogP contribution in [0.3, 0.4) is 0 Å². The number of methoxy groups -OCH3 is 1. The largest absolute Gasteiger partial charge is 0.383 e. The van der Waals surface area contributed by atoms with Crippen LogP contribution in [0.5, 0.6) is 0 Å². The highest BCUT2D eigenvalue weighted by molar-refractivity contribution is 7.89. The van der Waals surface area contributed by atoms with E-state index in [1.165, 1.54) is 17.5 Å². The molecule has 0 radical (unpaired) electrons. The van der Waals surface area contributed by atoms with Crippen LogP contribution in [-0.4, -0.2) is 55.3 Å². The summed E-state index contributed by atoms with van der Waals surface area (Å²) in [6, 6.07) is 22.3. The van der Waals surface area contributed by atoms with E-state index in [1.807, 2.05) is 61.5 Å². The van der Waals surface area contributed by atoms with E-state index in [2.05, 4.69) is 4.98 Å². The van der Waals surface area contributed by atoms with E-state index >= 15 is 0 Å². The Hall–Kier alpha value is -3.11. The molecule has 188 valence electrons. The molecule has 7 nitrogen and oxygen atoms in total. The van der Waals surface area contributed by atoms with Gasteiger partial charge in [-0.2, -0.15) is 4.31 Å². The number of nitrogens with zero attached hydrogens (tertiary/aromatic N) is 3. The van der Waals surface area contributed by atoms with E-state index < -0.39 is 10.0 Å². The number of carbonyl (C=O) groups excluding carboxylic acids is 1. The molecule has 0 fully saturated rings. The zero-order chi connectivity index (χ0) is 25.5. The first-order chi connectivity index (χ1) is 17.4. The van der Waals surface area contributed by atoms with E-state index in [4.69, 9.17) is 4.74 Å². The minimum absolute atomic E-state index is 0.0467. The fraction of sp³-hybridized carbons (Fsp3) is 0.259. The lowest BCUT2D eigenvalue weighted by Gasteiger charge is -2.27. The smallest absolute Gasteiger partial charge is 0.245 e. The summed E-state index contributed by atoms with van der Waals surface area (Å²) in [7, 11) is -2.52. The lowest BCUT2D eigenvalue weighted by molar-refractivity contribution is -0.132. The minimum atomic E-state index is -4.02. The third-order valence-electron chi connectivity index (χ3n) is 5.78. The van der Waals surface area contributed by atoms with Crippen LogP contribution in [0.1, 0.15) is 15.3 Å². The topological polar surface area (TPSA) is 79.8 Å². The standard InChI is InChI=1S/C27H29N3O4S2/c1-21-13-14-24(35-21)19-29(18-22-8-4-3-5-9-22)26(31)20-30(16-17-34-2)36(32,33)25-12-6-10-23-11-7-15-28-27(23)25/h3-15H,16-20H2,1-2H3. The lowest BCUT2D eigenvalue weighted by Crippen LogP contribution is -2.43. The summed E-state index contributed by atoms with van der Waals surface area (Å²) in [5, 5.41) is 0.718. The highest BCUT2D eigenvalue weighted by atomic mass is 32.2. The highest BCUT2D eigenvalue weighted by Crippen LogP contribution is 2.25. The third kappa shape index (κ3) is 6.17. The van der Waals surface area contributed by atoms with Crippen molar-refractivity contribution in [1.82, 2.24) is 14.2 Å². The summed E-state index contributed by atoms with van der Waals surface area (Å²) in [6.45, 7) is 2.71. The Kier molecular flexibility index (Phi) is 8.48. The second kappa shape index (κ2) is 11.7. The second-order valence-corrected chi connectivity index (χ2v) is 11.7. The van der Waals surface area contributed by atoms with Crippen LogP contribution in [0.25, 0.3) is 10.9 Å². The van der Waals surface area contributed by atoms with E-state index in [0.29, 0.717) is 18.6 Å². The van der Waals surface area contributed by atoms with E-state index in [0.717, 1.165) is 20.7 Å². The maximum atomic E-state index is 13.8. The number of aromatic nitrogens is 1. The first-order valence-electron chi connectivity index (χ1n) is 11.6. The predicted molar refractivity (Wildman–Crippen MR) is 142 cm³/mol. The van der Waals surface area contributed by atoms with Crippen LogP contribution < -0.4 is 0 Å². The van der Waals surface area contributed by atoms with Crippen molar-refractivity contribution < 1.29 is 17.9 Å². The van der Waals surface area contributed by atoms with Gasteiger partial charge >= 0.3 is 0 Å². The van der Waals surface area contributed by atoms with Gasteiger partial charge in [-0.25, -0.2) is 8.42 Å². The van der Waals surface area contributed by atoms with Gasteiger partial charge in [0.05, 0.1) is 25.2 Å². The van der Waals surface area contributed by atoms with Crippen molar-refractivity contribution in [3.63, 3.8) is 0 Å². The Bertz CT molecular complexity index is 1420. The normalized spacial score (nSPS) is 11.8. The van der Waals surface area contributed by atoms with Crippen LogP contribution >= 0.6 is 11.3 Å². The first-order valence-corrected chi connectivity index (χ1v) is 13.8. The van der Waals surface area contributed by atoms with Gasteiger partial charge in [0.25, 0.3) is 0 Å². The summed E-state index contributed by atoms with van der Waals surface area (Å²) < 4.78 is 34.0. The molecule has 0 N–H and O–H groups in total. The number of hydrogen-bond acceptors (Lipinski definition) is 6. The molecule has 2 heterocycles. The molecule has 0 saturated carbocycles. The van der Waals surface area contributed by atoms with Crippen molar-refractivity contribution in [2.75, 3.05) is 26.8 Å². The number of hydrogen-bond donors (Lipinski definition) is 0. The fourth-order valence-corrected chi connectivity index (χ4v) is 6.39. The van der Waals surface area contributed by atoms with Crippen molar-refractivity contribution in [2.45, 2.75) is 24.9 Å². The van der Waals surface area contributed by atoms with Gasteiger partial charge in [-0.15, -0.1) is 11.3 Å². The number of sulfonamides is 1. The van der Waals surface area contributed by atoms with Crippen LogP contribution in [-0.2, 0) is 32.6 Å². The van der Waals surface area contributed by atoms with Crippen molar-refractivity contribution in [3.05, 3.63) is 94.3 Å². The molecule has 0 spiro atoms. The molecule has 0 aliphatic carbocycles. The van der Waals surface area contributed by atoms with Gasteiger partial charge in [0.15, 0.2) is 0 Å². The molecule has 0 atom stereocenters. The van der Waals surface area contributed by atoms with Crippen LogP contribution in [0.15, 0.2) is 83.9 Å². The third-order valence-corrected chi connectivity index (χ3v) is 8.64. The molecule has 2 aromatic heterocycles. The number of carbonyl (C=O) groups is 1. The van der Waals surface area contributed by atoms with Gasteiger partial charge in [0, 0.05) is 41.5 Å². The molecule has 0 unspecified atom stereocenters. The van der Waals surface area contributed by atoms with E-state index in [-0.39, 0.29) is 30.5 Å². The molecule has 0 bridgehead atoms. The highest BCUT2D eigenvalue weighted by Gasteiger charge is 2.30. The van der Waals surface area contributed by atoms with Gasteiger partial charge in [-0.3, -0.25) is 9.78 Å². The average molecular weight is 524 g/mol. The van der Waals surface area contributed by atoms with E-state index in [9.17, 15) is 13.2 Å². The zero-order valence-electron chi connectivity index (χ0n) is 20.3. The first kappa shape index (κ1) is 26.0. The molecule has 4 rings (SSSR count). The number of para-hydroxylation sites is 1. The number of amides is 1. The van der Waals surface area contributed by atoms with Crippen LogP contribution in [0.2, 0.25) is 0 Å². The van der Waals surface area contributed by atoms with Gasteiger partial charge in [-0.1, -0.05) is 48.5 Å². The van der Waals surface area contributed by atoms with Crippen molar-refractivity contribution in [2.24, 2.45) is 0 Å². The maximum absolute atomic E-state index is 13.8. The Morgan fingerprint density at radius 3 is 2.47 bits per heavy atom. The number of rotatable bonds is 11. The molecule has 9 heteroatoms. The molecule has 4 aromatic rings. The predicted octanol–water partition coefficient (Wildman–Crippen LogP) is 4.47. The summed E-state index contributed by atoms with van der Waals surface area (Å²) in [5.41, 5.74) is 1.36. The van der Waals surface area contributed by atoms with Crippen molar-refractivity contribution >= 4 is 38.2 Å². The molecule has 0 saturated heterocycles. The van der Waals surface area contributed by atoms with Gasteiger partial charge in [-0.05, 0) is 36.8 Å². The van der Waals surface area contributed by atoms with Gasteiger partial charge < -0.3 is 9.64 Å². The average Bonchev–Trinajstić information content (AvgIpc) is 3.30. The molecule has 2 aromatic carbocycles. The van der Waals surface area contributed by atoms with E-state index in [1.54, 1.807) is 34.6 Å². The lowest BCUT2D eigenvalue weighted by atomic mass is 10.2. The Labute approximate surface area is 216 Å². The maximum Gasteiger partial charge on any atom is 0.245 e. The summed E-state index contributed by atoms with van der Waals surface area (Å²) in [5.74, 6) is -0.280. The second-order valence-electron chi connectivity index (χ2n) is 8.41. The Morgan fingerprint density at radius 1 is 0.972 bits per heavy atom. The fourth-order valence-electron chi connectivity index (χ4n) is 3.95. The monoisotopic (exact) mass is 523 g/mol. The Morgan fingerprint density at radius 2 is 1.75 bits per heavy atom. The van der Waals surface area contributed by atoms with Crippen LogP contribution in [0.4, 0.5) is 0 Å². The quantitative estimate of drug-likeness (QED) is 0.290. The van der Waals surface area contributed by atoms with Crippen LogP contribution in [0, 0.1) is 6.92 Å². The number of fused-ring (bicyclic) bond motifs is 1. The van der Waals surface area contributed by atoms with Crippen molar-refractivity contribution in [3.8, 4) is 0 Å². The number of ether oxygens (including phenoxy) is 1. The summed E-state index contributed by atoms with van der Waals surface area (Å²) in [6.07, 6.45) is 1.57. The minimum Gasteiger partial charge on any atom is -0.383 e. The Balaban J connectivity index is 1.64. The number of benzene rings is 2. The molecule has 36 heavy (non-hydrogen) atoms. The number of pyridine rings is 1. The molecule has 1 amide bonds. The van der Waals surface area contributed by atoms with Crippen molar-refractivity contribution in [1.29, 1.82) is 0 Å². The number of thiophene rings is 1. The molecular formula is C27H29N3O4S2. The number of aryl methyl sites for hydroxylation is 1. The zero-order valence-corrected chi connectivity index (χ0v) is 22.0. The molecule has 0 aliphatic rings. The summed E-state index contributed by atoms with van der Waals surface area (Å²) >= 11 is 1.63. The SMILES string of the molecule is COCCN(CC(=O)N(Cc1ccccc1)Cc1ccc(C)s1)S(=O)(=O)c1cccc2cccnc12. The molecular weight excluding hydrogens is 494 g/mol. The van der Waals surface area contributed by atoms with Gasteiger partial charge in [0.2, 0.25) is 15.9 Å².